The van der Waals surface area contributed by atoms with Gasteiger partial charge in [-0.15, -0.1) is 0 Å². The summed E-state index contributed by atoms with van der Waals surface area (Å²) in [6, 6.07) is 8.52. The number of carbonyl (C=O) groups excluding carboxylic acids is 1. The molecule has 2 unspecified atom stereocenters. The van der Waals surface area contributed by atoms with Crippen molar-refractivity contribution in [1.29, 1.82) is 0 Å². The maximum Gasteiger partial charge on any atom is 0.225 e. The molecule has 0 radical (unpaired) electrons. The Labute approximate surface area is 170 Å². The van der Waals surface area contributed by atoms with Crippen molar-refractivity contribution in [3.05, 3.63) is 29.8 Å². The fourth-order valence-electron chi connectivity index (χ4n) is 3.98. The number of anilines is 1. The third kappa shape index (κ3) is 6.23. The Morgan fingerprint density at radius 1 is 1.25 bits per heavy atom. The predicted molar refractivity (Wildman–Crippen MR) is 118 cm³/mol. The van der Waals surface area contributed by atoms with Crippen LogP contribution in [0.2, 0.25) is 0 Å². The molecular formula is C22H37N5O. The minimum atomic E-state index is 0.0759. The van der Waals surface area contributed by atoms with Gasteiger partial charge in [0.05, 0.1) is 0 Å². The number of fused-ring (bicyclic) bond motifs is 1. The number of amides is 1. The molecule has 1 aliphatic heterocycles. The third-order valence-electron chi connectivity index (χ3n) is 5.42. The van der Waals surface area contributed by atoms with Gasteiger partial charge in [0, 0.05) is 44.2 Å². The molecule has 1 aromatic rings. The van der Waals surface area contributed by atoms with Gasteiger partial charge in [-0.1, -0.05) is 45.9 Å². The van der Waals surface area contributed by atoms with E-state index in [9.17, 15) is 4.79 Å². The number of guanidine groups is 1. The Bertz CT molecular complexity index is 654. The molecule has 1 heterocycles. The second-order valence-electron chi connectivity index (χ2n) is 7.88. The highest BCUT2D eigenvalue weighted by Crippen LogP contribution is 2.31. The first-order valence-electron chi connectivity index (χ1n) is 10.6. The summed E-state index contributed by atoms with van der Waals surface area (Å²) in [4.78, 5) is 18.9. The molecule has 0 aliphatic carbocycles. The van der Waals surface area contributed by atoms with Crippen molar-refractivity contribution in [2.75, 3.05) is 38.5 Å². The zero-order valence-corrected chi connectivity index (χ0v) is 18.1. The van der Waals surface area contributed by atoms with E-state index in [2.05, 4.69) is 59.6 Å². The van der Waals surface area contributed by atoms with Crippen LogP contribution in [0, 0.1) is 5.92 Å². The van der Waals surface area contributed by atoms with Crippen LogP contribution in [0.3, 0.4) is 0 Å². The van der Waals surface area contributed by atoms with Crippen LogP contribution in [0.25, 0.3) is 0 Å². The van der Waals surface area contributed by atoms with Crippen molar-refractivity contribution in [3.8, 4) is 0 Å². The summed E-state index contributed by atoms with van der Waals surface area (Å²) in [7, 11) is 1.80. The van der Waals surface area contributed by atoms with Crippen molar-refractivity contribution >= 4 is 17.6 Å². The number of nitrogens with zero attached hydrogens (tertiary/aromatic N) is 2. The molecule has 3 N–H and O–H groups in total. The molecule has 1 aliphatic rings. The van der Waals surface area contributed by atoms with Gasteiger partial charge in [-0.3, -0.25) is 14.7 Å². The van der Waals surface area contributed by atoms with Crippen molar-refractivity contribution in [1.82, 2.24) is 15.5 Å². The third-order valence-corrected chi connectivity index (χ3v) is 5.42. The maximum absolute atomic E-state index is 12.0. The lowest BCUT2D eigenvalue weighted by Gasteiger charge is -2.32. The minimum absolute atomic E-state index is 0.0759. The van der Waals surface area contributed by atoms with Crippen LogP contribution in [0.15, 0.2) is 29.3 Å². The first-order chi connectivity index (χ1) is 13.5. The number of nitrogens with one attached hydrogen (secondary N) is 3. The van der Waals surface area contributed by atoms with Crippen LogP contribution in [0.1, 0.15) is 52.0 Å². The lowest BCUT2D eigenvalue weighted by Crippen LogP contribution is -2.48. The largest absolute Gasteiger partial charge is 0.356 e. The lowest BCUT2D eigenvalue weighted by molar-refractivity contribution is -0.116. The molecule has 0 aromatic heterocycles. The van der Waals surface area contributed by atoms with Crippen molar-refractivity contribution in [2.24, 2.45) is 10.9 Å². The van der Waals surface area contributed by atoms with Crippen molar-refractivity contribution in [2.45, 2.75) is 52.5 Å². The van der Waals surface area contributed by atoms with Crippen LogP contribution in [0.4, 0.5) is 5.69 Å². The summed E-state index contributed by atoms with van der Waals surface area (Å²) < 4.78 is 0. The molecule has 0 saturated carbocycles. The average molecular weight is 388 g/mol. The lowest BCUT2D eigenvalue weighted by atomic mass is 9.90. The van der Waals surface area contributed by atoms with E-state index < -0.39 is 0 Å². The first kappa shape index (κ1) is 22.2. The van der Waals surface area contributed by atoms with Gasteiger partial charge >= 0.3 is 0 Å². The molecule has 2 atom stereocenters. The molecule has 1 amide bonds. The highest BCUT2D eigenvalue weighted by Gasteiger charge is 2.25. The second kappa shape index (κ2) is 11.1. The van der Waals surface area contributed by atoms with Gasteiger partial charge in [0.1, 0.15) is 0 Å². The predicted octanol–water partition coefficient (Wildman–Crippen LogP) is 3.03. The zero-order valence-electron chi connectivity index (χ0n) is 18.1. The van der Waals surface area contributed by atoms with Gasteiger partial charge in [-0.25, -0.2) is 0 Å². The summed E-state index contributed by atoms with van der Waals surface area (Å²) in [6.45, 7) is 12.6. The Hall–Kier alpha value is -2.08. The van der Waals surface area contributed by atoms with Crippen LogP contribution in [-0.4, -0.2) is 56.0 Å². The van der Waals surface area contributed by atoms with Crippen molar-refractivity contribution in [3.63, 3.8) is 0 Å². The van der Waals surface area contributed by atoms with E-state index in [-0.39, 0.29) is 11.8 Å². The number of benzene rings is 1. The molecule has 28 heavy (non-hydrogen) atoms. The number of carbonyl (C=O) groups is 1. The van der Waals surface area contributed by atoms with Gasteiger partial charge in [-0.2, -0.15) is 0 Å². The summed E-state index contributed by atoms with van der Waals surface area (Å²) in [5.74, 6) is 1.67. The SMILES string of the molecule is CCN(CC)C(CNC(=NC)NCC1CC(=O)Nc2ccccc21)CC(C)C. The monoisotopic (exact) mass is 387 g/mol. The normalized spacial score (nSPS) is 18.0. The number of para-hydroxylation sites is 1. The fourth-order valence-corrected chi connectivity index (χ4v) is 3.98. The molecule has 0 saturated heterocycles. The van der Waals surface area contributed by atoms with Crippen molar-refractivity contribution < 1.29 is 4.79 Å². The summed E-state index contributed by atoms with van der Waals surface area (Å²) in [5, 5.41) is 9.88. The molecule has 156 valence electrons. The second-order valence-corrected chi connectivity index (χ2v) is 7.88. The van der Waals surface area contributed by atoms with E-state index in [0.29, 0.717) is 24.9 Å². The quantitative estimate of drug-likeness (QED) is 0.450. The van der Waals surface area contributed by atoms with E-state index in [1.807, 2.05) is 18.2 Å². The molecule has 6 nitrogen and oxygen atoms in total. The summed E-state index contributed by atoms with van der Waals surface area (Å²) in [6.07, 6.45) is 1.65. The van der Waals surface area contributed by atoms with E-state index in [1.165, 1.54) is 5.56 Å². The Morgan fingerprint density at radius 2 is 1.96 bits per heavy atom. The van der Waals surface area contributed by atoms with Crippen LogP contribution >= 0.6 is 0 Å². The van der Waals surface area contributed by atoms with E-state index >= 15 is 0 Å². The Morgan fingerprint density at radius 3 is 2.61 bits per heavy atom. The van der Waals surface area contributed by atoms with Crippen LogP contribution in [0.5, 0.6) is 0 Å². The number of rotatable bonds is 9. The molecule has 2 rings (SSSR count). The molecule has 0 fully saturated rings. The minimum Gasteiger partial charge on any atom is -0.356 e. The topological polar surface area (TPSA) is 68.8 Å². The standard InChI is InChI=1S/C22H37N5O/c1-6-27(7-2)18(12-16(3)4)15-25-22(23-5)24-14-17-13-21(28)26-20-11-9-8-10-19(17)20/h8-11,16-18H,6-7,12-15H2,1-5H3,(H,26,28)(H2,23,24,25). The van der Waals surface area contributed by atoms with Crippen LogP contribution in [-0.2, 0) is 4.79 Å². The Kier molecular flexibility index (Phi) is 8.77. The number of likely N-dealkylation sites (N-methyl/N-ethyl adjacent to an activating group) is 1. The van der Waals surface area contributed by atoms with Gasteiger partial charge in [0.15, 0.2) is 5.96 Å². The number of hydrogen-bond acceptors (Lipinski definition) is 3. The smallest absolute Gasteiger partial charge is 0.225 e. The summed E-state index contributed by atoms with van der Waals surface area (Å²) in [5.41, 5.74) is 2.11. The maximum atomic E-state index is 12.0. The van der Waals surface area contributed by atoms with Gasteiger partial charge in [0.25, 0.3) is 0 Å². The number of hydrogen-bond donors (Lipinski definition) is 3. The molecule has 0 spiro atoms. The van der Waals surface area contributed by atoms with Gasteiger partial charge in [0.2, 0.25) is 5.91 Å². The molecule has 1 aromatic carbocycles. The van der Waals surface area contributed by atoms with Gasteiger partial charge < -0.3 is 16.0 Å². The summed E-state index contributed by atoms with van der Waals surface area (Å²) >= 11 is 0. The average Bonchev–Trinajstić information content (AvgIpc) is 2.68. The molecule has 0 bridgehead atoms. The first-order valence-corrected chi connectivity index (χ1v) is 10.6. The van der Waals surface area contributed by atoms with E-state index in [0.717, 1.165) is 37.7 Å². The fraction of sp³-hybridized carbons (Fsp3) is 0.636. The highest BCUT2D eigenvalue weighted by molar-refractivity contribution is 5.94. The number of aliphatic imine (C=N–C) groups is 1. The highest BCUT2D eigenvalue weighted by atomic mass is 16.1. The van der Waals surface area contributed by atoms with Gasteiger partial charge in [-0.05, 0) is 37.1 Å². The molecular weight excluding hydrogens is 350 g/mol. The Balaban J connectivity index is 1.94. The van der Waals surface area contributed by atoms with E-state index in [4.69, 9.17) is 0 Å². The van der Waals surface area contributed by atoms with E-state index in [1.54, 1.807) is 7.05 Å². The zero-order chi connectivity index (χ0) is 20.5. The molecule has 6 heteroatoms. The van der Waals surface area contributed by atoms with Crippen LogP contribution < -0.4 is 16.0 Å².